The Labute approximate surface area is 140 Å². The molecule has 0 spiro atoms. The molecule has 3 aromatic rings. The number of benzene rings is 2. The third kappa shape index (κ3) is 3.68. The van der Waals surface area contributed by atoms with Crippen LogP contribution in [0.2, 0.25) is 0 Å². The van der Waals surface area contributed by atoms with Gasteiger partial charge in [-0.25, -0.2) is 0 Å². The second kappa shape index (κ2) is 7.08. The number of carbonyl (C=O) groups is 1. The van der Waals surface area contributed by atoms with E-state index in [-0.39, 0.29) is 5.91 Å². The van der Waals surface area contributed by atoms with E-state index >= 15 is 0 Å². The summed E-state index contributed by atoms with van der Waals surface area (Å²) in [5.41, 5.74) is 3.72. The standard InChI is InChI=1S/C19H19N3O2/c1-3-17-21-19(24-22-17)14-8-10-16(11-9-14)20-18(23)12-15-7-5-4-6-13(15)2/h4-11H,3,12H2,1-2H3,(H,20,23). The Balaban J connectivity index is 1.65. The van der Waals surface area contributed by atoms with Gasteiger partial charge >= 0.3 is 0 Å². The van der Waals surface area contributed by atoms with Crippen molar-refractivity contribution in [3.8, 4) is 11.5 Å². The molecule has 0 bridgehead atoms. The van der Waals surface area contributed by atoms with E-state index in [4.69, 9.17) is 4.52 Å². The van der Waals surface area contributed by atoms with Gasteiger partial charge in [0.1, 0.15) is 0 Å². The summed E-state index contributed by atoms with van der Waals surface area (Å²) in [5.74, 6) is 1.13. The van der Waals surface area contributed by atoms with Crippen LogP contribution in [0.1, 0.15) is 23.9 Å². The Bertz CT molecular complexity index is 838. The van der Waals surface area contributed by atoms with Crippen molar-refractivity contribution in [3.63, 3.8) is 0 Å². The molecule has 0 fully saturated rings. The van der Waals surface area contributed by atoms with Gasteiger partial charge in [0.2, 0.25) is 5.91 Å². The molecule has 1 amide bonds. The predicted molar refractivity (Wildman–Crippen MR) is 92.6 cm³/mol. The summed E-state index contributed by atoms with van der Waals surface area (Å²) in [4.78, 5) is 16.5. The van der Waals surface area contributed by atoms with Crippen molar-refractivity contribution in [1.29, 1.82) is 0 Å². The van der Waals surface area contributed by atoms with E-state index in [1.54, 1.807) is 0 Å². The summed E-state index contributed by atoms with van der Waals surface area (Å²) >= 11 is 0. The Morgan fingerprint density at radius 1 is 1.12 bits per heavy atom. The van der Waals surface area contributed by atoms with Gasteiger partial charge in [0.15, 0.2) is 5.82 Å². The van der Waals surface area contributed by atoms with Crippen LogP contribution in [-0.2, 0) is 17.6 Å². The molecular weight excluding hydrogens is 302 g/mol. The van der Waals surface area contributed by atoms with Crippen molar-refractivity contribution in [1.82, 2.24) is 10.1 Å². The number of hydrogen-bond acceptors (Lipinski definition) is 4. The van der Waals surface area contributed by atoms with E-state index < -0.39 is 0 Å². The molecule has 0 aliphatic heterocycles. The van der Waals surface area contributed by atoms with Crippen molar-refractivity contribution in [3.05, 3.63) is 65.5 Å². The zero-order chi connectivity index (χ0) is 16.9. The van der Waals surface area contributed by atoms with Crippen LogP contribution in [-0.4, -0.2) is 16.0 Å². The minimum Gasteiger partial charge on any atom is -0.334 e. The maximum absolute atomic E-state index is 12.2. The minimum atomic E-state index is -0.0388. The number of hydrogen-bond donors (Lipinski definition) is 1. The van der Waals surface area contributed by atoms with Crippen molar-refractivity contribution >= 4 is 11.6 Å². The zero-order valence-corrected chi connectivity index (χ0v) is 13.7. The van der Waals surface area contributed by atoms with Crippen molar-refractivity contribution in [2.24, 2.45) is 0 Å². The highest BCUT2D eigenvalue weighted by Crippen LogP contribution is 2.20. The van der Waals surface area contributed by atoms with Gasteiger partial charge < -0.3 is 9.84 Å². The molecule has 0 saturated heterocycles. The molecule has 0 radical (unpaired) electrons. The monoisotopic (exact) mass is 321 g/mol. The van der Waals surface area contributed by atoms with Gasteiger partial charge in [-0.3, -0.25) is 4.79 Å². The molecular formula is C19H19N3O2. The van der Waals surface area contributed by atoms with E-state index in [1.807, 2.05) is 62.4 Å². The van der Waals surface area contributed by atoms with Crippen molar-refractivity contribution in [2.45, 2.75) is 26.7 Å². The number of aromatic nitrogens is 2. The van der Waals surface area contributed by atoms with Crippen LogP contribution in [0.5, 0.6) is 0 Å². The lowest BCUT2D eigenvalue weighted by atomic mass is 10.1. The van der Waals surface area contributed by atoms with Gasteiger partial charge in [0, 0.05) is 17.7 Å². The highest BCUT2D eigenvalue weighted by atomic mass is 16.5. The van der Waals surface area contributed by atoms with Gasteiger partial charge in [-0.1, -0.05) is 36.3 Å². The summed E-state index contributed by atoms with van der Waals surface area (Å²) in [6.45, 7) is 3.98. The number of nitrogens with zero attached hydrogens (tertiary/aromatic N) is 2. The Hall–Kier alpha value is -2.95. The van der Waals surface area contributed by atoms with Crippen LogP contribution in [0, 0.1) is 6.92 Å². The number of nitrogens with one attached hydrogen (secondary N) is 1. The fourth-order valence-electron chi connectivity index (χ4n) is 2.40. The fourth-order valence-corrected chi connectivity index (χ4v) is 2.40. The Morgan fingerprint density at radius 3 is 2.54 bits per heavy atom. The van der Waals surface area contributed by atoms with Gasteiger partial charge in [-0.05, 0) is 42.3 Å². The number of amides is 1. The molecule has 122 valence electrons. The topological polar surface area (TPSA) is 68.0 Å². The van der Waals surface area contributed by atoms with Gasteiger partial charge in [0.05, 0.1) is 6.42 Å². The fraction of sp³-hybridized carbons (Fsp3) is 0.211. The number of aryl methyl sites for hydroxylation is 2. The molecule has 0 aliphatic carbocycles. The van der Waals surface area contributed by atoms with Crippen molar-refractivity contribution < 1.29 is 9.32 Å². The van der Waals surface area contributed by atoms with Crippen LogP contribution in [0.4, 0.5) is 5.69 Å². The second-order valence-corrected chi connectivity index (χ2v) is 5.60. The predicted octanol–water partition coefficient (Wildman–Crippen LogP) is 3.79. The second-order valence-electron chi connectivity index (χ2n) is 5.60. The van der Waals surface area contributed by atoms with Crippen LogP contribution >= 0.6 is 0 Å². The quantitative estimate of drug-likeness (QED) is 0.776. The van der Waals surface area contributed by atoms with Gasteiger partial charge in [0.25, 0.3) is 5.89 Å². The Morgan fingerprint density at radius 2 is 1.88 bits per heavy atom. The molecule has 5 heteroatoms. The molecule has 1 N–H and O–H groups in total. The summed E-state index contributed by atoms with van der Waals surface area (Å²) in [6, 6.07) is 15.3. The van der Waals surface area contributed by atoms with E-state index in [9.17, 15) is 4.79 Å². The largest absolute Gasteiger partial charge is 0.334 e. The van der Waals surface area contributed by atoms with E-state index in [1.165, 1.54) is 0 Å². The van der Waals surface area contributed by atoms with Crippen LogP contribution < -0.4 is 5.32 Å². The molecule has 3 rings (SSSR count). The number of carbonyl (C=O) groups excluding carboxylic acids is 1. The molecule has 0 unspecified atom stereocenters. The average molecular weight is 321 g/mol. The number of rotatable bonds is 5. The van der Waals surface area contributed by atoms with Crippen molar-refractivity contribution in [2.75, 3.05) is 5.32 Å². The smallest absolute Gasteiger partial charge is 0.257 e. The zero-order valence-electron chi connectivity index (χ0n) is 13.7. The maximum Gasteiger partial charge on any atom is 0.257 e. The highest BCUT2D eigenvalue weighted by Gasteiger charge is 2.09. The molecule has 1 aromatic heterocycles. The molecule has 0 aliphatic rings. The highest BCUT2D eigenvalue weighted by molar-refractivity contribution is 5.92. The van der Waals surface area contributed by atoms with Gasteiger partial charge in [-0.2, -0.15) is 4.98 Å². The van der Waals surface area contributed by atoms with E-state index in [2.05, 4.69) is 15.5 Å². The summed E-state index contributed by atoms with van der Waals surface area (Å²) in [7, 11) is 0. The molecule has 2 aromatic carbocycles. The van der Waals surface area contributed by atoms with Crippen LogP contribution in [0.3, 0.4) is 0 Å². The first-order valence-electron chi connectivity index (χ1n) is 7.93. The number of anilines is 1. The van der Waals surface area contributed by atoms with Gasteiger partial charge in [-0.15, -0.1) is 0 Å². The Kier molecular flexibility index (Phi) is 4.70. The lowest BCUT2D eigenvalue weighted by Crippen LogP contribution is -2.14. The normalized spacial score (nSPS) is 10.6. The molecule has 1 heterocycles. The lowest BCUT2D eigenvalue weighted by molar-refractivity contribution is -0.115. The lowest BCUT2D eigenvalue weighted by Gasteiger charge is -2.07. The third-order valence-electron chi connectivity index (χ3n) is 3.81. The maximum atomic E-state index is 12.2. The molecule has 5 nitrogen and oxygen atoms in total. The third-order valence-corrected chi connectivity index (χ3v) is 3.81. The SMILES string of the molecule is CCc1noc(-c2ccc(NC(=O)Cc3ccccc3C)cc2)n1. The molecule has 0 saturated carbocycles. The average Bonchev–Trinajstić information content (AvgIpc) is 3.07. The summed E-state index contributed by atoms with van der Waals surface area (Å²) in [5, 5.41) is 6.79. The first-order chi connectivity index (χ1) is 11.7. The van der Waals surface area contributed by atoms with Crippen LogP contribution in [0.15, 0.2) is 53.1 Å². The first kappa shape index (κ1) is 15.9. The summed E-state index contributed by atoms with van der Waals surface area (Å²) in [6.07, 6.45) is 1.09. The summed E-state index contributed by atoms with van der Waals surface area (Å²) < 4.78 is 5.21. The molecule has 24 heavy (non-hydrogen) atoms. The van der Waals surface area contributed by atoms with E-state index in [0.717, 1.165) is 28.8 Å². The van der Waals surface area contributed by atoms with Crippen LogP contribution in [0.25, 0.3) is 11.5 Å². The minimum absolute atomic E-state index is 0.0388. The molecule has 0 atom stereocenters. The van der Waals surface area contributed by atoms with E-state index in [0.29, 0.717) is 18.1 Å². The first-order valence-corrected chi connectivity index (χ1v) is 7.93.